The Bertz CT molecular complexity index is 613. The molecule has 1 aliphatic carbocycles. The minimum atomic E-state index is -0.449. The van der Waals surface area contributed by atoms with Crippen LogP contribution < -0.4 is 5.32 Å². The summed E-state index contributed by atoms with van der Waals surface area (Å²) in [7, 11) is 0. The van der Waals surface area contributed by atoms with E-state index in [1.165, 1.54) is 31.2 Å². The molecule has 1 aromatic carbocycles. The molecule has 3 heteroatoms. The van der Waals surface area contributed by atoms with Crippen LogP contribution in [0.25, 0.3) is 0 Å². The molecule has 1 saturated carbocycles. The number of hydrogen-bond donors (Lipinski definition) is 1. The number of ether oxygens (including phenoxy) is 1. The SMILES string of the molecule is CC(C)(C)OC(=O)NCCCc1cccc(C#CCC2CCCC2)c1. The van der Waals surface area contributed by atoms with Crippen molar-refractivity contribution < 1.29 is 9.53 Å². The molecule has 25 heavy (non-hydrogen) atoms. The first-order valence-electron chi connectivity index (χ1n) is 9.47. The van der Waals surface area contributed by atoms with E-state index in [2.05, 4.69) is 41.4 Å². The molecule has 0 bridgehead atoms. The van der Waals surface area contributed by atoms with Gasteiger partial charge in [-0.15, -0.1) is 0 Å². The Labute approximate surface area is 152 Å². The summed E-state index contributed by atoms with van der Waals surface area (Å²) in [4.78, 5) is 11.6. The summed E-state index contributed by atoms with van der Waals surface area (Å²) in [5.41, 5.74) is 1.91. The lowest BCUT2D eigenvalue weighted by Gasteiger charge is -2.19. The zero-order valence-electron chi connectivity index (χ0n) is 15.9. The number of rotatable bonds is 5. The Balaban J connectivity index is 1.72. The molecule has 1 aromatic rings. The van der Waals surface area contributed by atoms with Gasteiger partial charge in [-0.05, 0) is 70.1 Å². The van der Waals surface area contributed by atoms with Crippen molar-refractivity contribution in [2.75, 3.05) is 6.54 Å². The molecule has 0 saturated heterocycles. The summed E-state index contributed by atoms with van der Waals surface area (Å²) in [6.07, 6.45) is 7.94. The zero-order valence-corrected chi connectivity index (χ0v) is 15.9. The average Bonchev–Trinajstić information content (AvgIpc) is 3.04. The van der Waals surface area contributed by atoms with E-state index in [1.54, 1.807) is 0 Å². The normalized spacial score (nSPS) is 14.7. The molecule has 0 unspecified atom stereocenters. The fourth-order valence-electron chi connectivity index (χ4n) is 3.11. The largest absolute Gasteiger partial charge is 0.444 e. The first kappa shape index (κ1) is 19.4. The Morgan fingerprint density at radius 3 is 2.76 bits per heavy atom. The second-order valence-corrected chi connectivity index (χ2v) is 7.89. The smallest absolute Gasteiger partial charge is 0.407 e. The van der Waals surface area contributed by atoms with Gasteiger partial charge in [0.15, 0.2) is 0 Å². The lowest BCUT2D eigenvalue weighted by atomic mass is 10.0. The molecule has 3 nitrogen and oxygen atoms in total. The van der Waals surface area contributed by atoms with Crippen LogP contribution in [0.15, 0.2) is 24.3 Å². The van der Waals surface area contributed by atoms with E-state index < -0.39 is 5.60 Å². The molecule has 1 amide bonds. The first-order chi connectivity index (χ1) is 11.9. The predicted octanol–water partition coefficient (Wildman–Crippen LogP) is 5.08. The van der Waals surface area contributed by atoms with Gasteiger partial charge < -0.3 is 10.1 Å². The fourth-order valence-corrected chi connectivity index (χ4v) is 3.11. The number of aryl methyl sites for hydroxylation is 1. The van der Waals surface area contributed by atoms with Crippen molar-refractivity contribution >= 4 is 6.09 Å². The maximum Gasteiger partial charge on any atom is 0.407 e. The van der Waals surface area contributed by atoms with E-state index in [0.29, 0.717) is 6.54 Å². The van der Waals surface area contributed by atoms with Crippen LogP contribution in [-0.4, -0.2) is 18.2 Å². The minimum absolute atomic E-state index is 0.348. The van der Waals surface area contributed by atoms with E-state index in [-0.39, 0.29) is 6.09 Å². The van der Waals surface area contributed by atoms with Crippen molar-refractivity contribution in [2.24, 2.45) is 5.92 Å². The molecule has 136 valence electrons. The van der Waals surface area contributed by atoms with Gasteiger partial charge >= 0.3 is 6.09 Å². The van der Waals surface area contributed by atoms with E-state index >= 15 is 0 Å². The molecule has 1 N–H and O–H groups in total. The van der Waals surface area contributed by atoms with Crippen LogP contribution in [0.3, 0.4) is 0 Å². The van der Waals surface area contributed by atoms with E-state index in [1.807, 2.05) is 20.8 Å². The average molecular weight is 341 g/mol. The van der Waals surface area contributed by atoms with Gasteiger partial charge in [0, 0.05) is 18.5 Å². The highest BCUT2D eigenvalue weighted by atomic mass is 16.6. The lowest BCUT2D eigenvalue weighted by molar-refractivity contribution is 0.0527. The van der Waals surface area contributed by atoms with Crippen LogP contribution in [0.5, 0.6) is 0 Å². The van der Waals surface area contributed by atoms with Crippen LogP contribution in [0, 0.1) is 17.8 Å². The van der Waals surface area contributed by atoms with Crippen molar-refractivity contribution in [3.05, 3.63) is 35.4 Å². The number of nitrogens with one attached hydrogen (secondary N) is 1. The third-order valence-corrected chi connectivity index (χ3v) is 4.34. The standard InChI is InChI=1S/C22H31NO2/c1-22(2,3)25-21(24)23-16-8-15-20-14-7-13-19(17-20)12-6-11-18-9-4-5-10-18/h7,13-14,17-18H,4-5,8-11,15-16H2,1-3H3,(H,23,24). The van der Waals surface area contributed by atoms with Gasteiger partial charge in [-0.25, -0.2) is 4.79 Å². The Kier molecular flexibility index (Phi) is 7.37. The highest BCUT2D eigenvalue weighted by molar-refractivity contribution is 5.67. The highest BCUT2D eigenvalue weighted by Crippen LogP contribution is 2.26. The number of hydrogen-bond acceptors (Lipinski definition) is 2. The van der Waals surface area contributed by atoms with Gasteiger partial charge in [0.05, 0.1) is 0 Å². The third kappa shape index (κ3) is 8.12. The van der Waals surface area contributed by atoms with Crippen LogP contribution in [0.2, 0.25) is 0 Å². The van der Waals surface area contributed by atoms with Crippen molar-refractivity contribution in [1.82, 2.24) is 5.32 Å². The molecular weight excluding hydrogens is 310 g/mol. The summed E-state index contributed by atoms with van der Waals surface area (Å²) in [6.45, 7) is 6.22. The fraction of sp³-hybridized carbons (Fsp3) is 0.591. The van der Waals surface area contributed by atoms with Crippen molar-refractivity contribution in [3.8, 4) is 11.8 Å². The van der Waals surface area contributed by atoms with Gasteiger partial charge in [-0.3, -0.25) is 0 Å². The minimum Gasteiger partial charge on any atom is -0.444 e. The molecule has 0 heterocycles. The Morgan fingerprint density at radius 1 is 1.28 bits per heavy atom. The lowest BCUT2D eigenvalue weighted by Crippen LogP contribution is -2.33. The van der Waals surface area contributed by atoms with Gasteiger partial charge in [0.2, 0.25) is 0 Å². The molecule has 1 aliphatic rings. The number of carbonyl (C=O) groups excluding carboxylic acids is 1. The van der Waals surface area contributed by atoms with Crippen LogP contribution >= 0.6 is 0 Å². The summed E-state index contributed by atoms with van der Waals surface area (Å²) in [5.74, 6) is 7.47. The van der Waals surface area contributed by atoms with Crippen LogP contribution in [-0.2, 0) is 11.2 Å². The summed E-state index contributed by atoms with van der Waals surface area (Å²) < 4.78 is 5.23. The number of amides is 1. The maximum atomic E-state index is 11.6. The monoisotopic (exact) mass is 341 g/mol. The van der Waals surface area contributed by atoms with Gasteiger partial charge in [-0.1, -0.05) is 36.8 Å². The van der Waals surface area contributed by atoms with Crippen LogP contribution in [0.4, 0.5) is 4.79 Å². The van der Waals surface area contributed by atoms with Crippen molar-refractivity contribution in [1.29, 1.82) is 0 Å². The van der Waals surface area contributed by atoms with Gasteiger partial charge in [0.25, 0.3) is 0 Å². The second kappa shape index (κ2) is 9.51. The number of benzene rings is 1. The van der Waals surface area contributed by atoms with Gasteiger partial charge in [0.1, 0.15) is 5.60 Å². The van der Waals surface area contributed by atoms with E-state index in [4.69, 9.17) is 4.74 Å². The molecule has 2 rings (SSSR count). The van der Waals surface area contributed by atoms with Crippen molar-refractivity contribution in [3.63, 3.8) is 0 Å². The molecular formula is C22H31NO2. The van der Waals surface area contributed by atoms with Crippen LogP contribution in [0.1, 0.15) is 70.4 Å². The van der Waals surface area contributed by atoms with E-state index in [0.717, 1.165) is 30.7 Å². The maximum absolute atomic E-state index is 11.6. The molecule has 0 spiro atoms. The quantitative estimate of drug-likeness (QED) is 0.599. The molecule has 0 radical (unpaired) electrons. The second-order valence-electron chi connectivity index (χ2n) is 7.89. The van der Waals surface area contributed by atoms with E-state index in [9.17, 15) is 4.79 Å². The highest BCUT2D eigenvalue weighted by Gasteiger charge is 2.15. The van der Waals surface area contributed by atoms with Gasteiger partial charge in [-0.2, -0.15) is 0 Å². The third-order valence-electron chi connectivity index (χ3n) is 4.34. The molecule has 0 aliphatic heterocycles. The first-order valence-corrected chi connectivity index (χ1v) is 9.47. The molecule has 0 aromatic heterocycles. The number of carbonyl (C=O) groups is 1. The van der Waals surface area contributed by atoms with Crippen molar-refractivity contribution in [2.45, 2.75) is 71.3 Å². The topological polar surface area (TPSA) is 38.3 Å². The summed E-state index contributed by atoms with van der Waals surface area (Å²) >= 11 is 0. The molecule has 1 fully saturated rings. The number of alkyl carbamates (subject to hydrolysis) is 1. The summed E-state index contributed by atoms with van der Waals surface area (Å²) in [6, 6.07) is 8.42. The zero-order chi connectivity index (χ0) is 18.1. The Morgan fingerprint density at radius 2 is 2.04 bits per heavy atom. The summed E-state index contributed by atoms with van der Waals surface area (Å²) in [5, 5.41) is 2.80. The molecule has 0 atom stereocenters. The predicted molar refractivity (Wildman–Crippen MR) is 102 cm³/mol. The Hall–Kier alpha value is -1.95.